The van der Waals surface area contributed by atoms with E-state index in [1.807, 2.05) is 24.0 Å². The Bertz CT molecular complexity index is 991. The van der Waals surface area contributed by atoms with E-state index in [2.05, 4.69) is 35.3 Å². The molecule has 0 radical (unpaired) electrons. The molecule has 0 aliphatic carbocycles. The molecule has 28 heavy (non-hydrogen) atoms. The number of aromatic nitrogens is 6. The molecule has 0 saturated carbocycles. The summed E-state index contributed by atoms with van der Waals surface area (Å²) in [6.07, 6.45) is 3.70. The van der Waals surface area contributed by atoms with Gasteiger partial charge in [0, 0.05) is 38.4 Å². The lowest BCUT2D eigenvalue weighted by molar-refractivity contribution is -0.137. The molecule has 3 aromatic rings. The normalized spacial score (nSPS) is 16.7. The van der Waals surface area contributed by atoms with Gasteiger partial charge in [-0.3, -0.25) is 4.68 Å². The lowest BCUT2D eigenvalue weighted by atomic mass is 10.1. The lowest BCUT2D eigenvalue weighted by Crippen LogP contribution is -2.22. The fraction of sp³-hybridized carbons (Fsp3) is 0.412. The zero-order valence-corrected chi connectivity index (χ0v) is 15.3. The molecule has 0 spiro atoms. The van der Waals surface area contributed by atoms with Crippen molar-refractivity contribution in [3.8, 4) is 0 Å². The lowest BCUT2D eigenvalue weighted by Gasteiger charge is -2.23. The van der Waals surface area contributed by atoms with Gasteiger partial charge in [-0.2, -0.15) is 23.3 Å². The van der Waals surface area contributed by atoms with Crippen molar-refractivity contribution in [3.63, 3.8) is 0 Å². The second kappa shape index (κ2) is 6.80. The van der Waals surface area contributed by atoms with Crippen molar-refractivity contribution in [2.24, 2.45) is 0 Å². The first kappa shape index (κ1) is 18.3. The van der Waals surface area contributed by atoms with E-state index in [4.69, 9.17) is 0 Å². The van der Waals surface area contributed by atoms with E-state index in [1.54, 1.807) is 6.20 Å². The number of alkyl halides is 3. The van der Waals surface area contributed by atoms with Crippen molar-refractivity contribution in [1.82, 2.24) is 29.3 Å². The van der Waals surface area contributed by atoms with Gasteiger partial charge in [0.2, 0.25) is 5.95 Å². The number of hydrogen-bond donors (Lipinski definition) is 2. The highest BCUT2D eigenvalue weighted by Crippen LogP contribution is 2.34. The summed E-state index contributed by atoms with van der Waals surface area (Å²) in [6.45, 7) is 2.75. The fourth-order valence-electron chi connectivity index (χ4n) is 3.37. The molecule has 3 aromatic heterocycles. The van der Waals surface area contributed by atoms with Gasteiger partial charge < -0.3 is 15.2 Å². The van der Waals surface area contributed by atoms with Crippen LogP contribution in [0.15, 0.2) is 24.8 Å². The number of nitrogens with one attached hydrogen (secondary N) is 2. The topological polar surface area (TPSA) is 85.5 Å². The Morgan fingerprint density at radius 3 is 2.82 bits per heavy atom. The number of hydrogen-bond acceptors (Lipinski definition) is 6. The zero-order chi connectivity index (χ0) is 19.9. The van der Waals surface area contributed by atoms with Crippen LogP contribution < -0.4 is 10.6 Å². The summed E-state index contributed by atoms with van der Waals surface area (Å²) >= 11 is 0. The third-order valence-corrected chi connectivity index (χ3v) is 4.74. The third kappa shape index (κ3) is 3.27. The van der Waals surface area contributed by atoms with Crippen LogP contribution >= 0.6 is 0 Å². The van der Waals surface area contributed by atoms with Crippen molar-refractivity contribution in [1.29, 1.82) is 0 Å². The molecule has 0 saturated heterocycles. The molecule has 1 unspecified atom stereocenters. The maximum Gasteiger partial charge on any atom is 0.421 e. The van der Waals surface area contributed by atoms with Crippen LogP contribution in [0, 0.1) is 6.92 Å². The highest BCUT2D eigenvalue weighted by atomic mass is 19.4. The monoisotopic (exact) mass is 392 g/mol. The van der Waals surface area contributed by atoms with Crippen molar-refractivity contribution < 1.29 is 13.2 Å². The Morgan fingerprint density at radius 2 is 2.07 bits per heavy atom. The van der Waals surface area contributed by atoms with Crippen LogP contribution in [-0.2, 0) is 12.7 Å². The molecule has 0 fully saturated rings. The molecule has 8 nitrogen and oxygen atoms in total. The van der Waals surface area contributed by atoms with Gasteiger partial charge in [-0.15, -0.1) is 0 Å². The minimum absolute atomic E-state index is 0.0133. The first-order valence-electron chi connectivity index (χ1n) is 8.82. The van der Waals surface area contributed by atoms with Crippen molar-refractivity contribution in [2.45, 2.75) is 38.5 Å². The molecule has 1 aliphatic heterocycles. The number of aryl methyl sites for hydroxylation is 2. The minimum atomic E-state index is -4.53. The SMILES string of the molecule is CNc1nc(Nc2cn(C3CCCn4ccnc43)nc2C)ncc1C(F)(F)F. The van der Waals surface area contributed by atoms with Gasteiger partial charge in [-0.05, 0) is 19.8 Å². The summed E-state index contributed by atoms with van der Waals surface area (Å²) in [7, 11) is 1.38. The van der Waals surface area contributed by atoms with Crippen LogP contribution in [0.25, 0.3) is 0 Å². The zero-order valence-electron chi connectivity index (χ0n) is 15.3. The largest absolute Gasteiger partial charge is 0.421 e. The van der Waals surface area contributed by atoms with Crippen LogP contribution in [0.5, 0.6) is 0 Å². The maximum absolute atomic E-state index is 13.0. The summed E-state index contributed by atoms with van der Waals surface area (Å²) in [6, 6.07) is 0.0133. The maximum atomic E-state index is 13.0. The Morgan fingerprint density at radius 1 is 1.25 bits per heavy atom. The van der Waals surface area contributed by atoms with Gasteiger partial charge in [0.05, 0.1) is 11.4 Å². The van der Waals surface area contributed by atoms with E-state index in [0.29, 0.717) is 11.4 Å². The van der Waals surface area contributed by atoms with E-state index < -0.39 is 11.7 Å². The number of halogens is 3. The molecule has 4 heterocycles. The summed E-state index contributed by atoms with van der Waals surface area (Å²) in [4.78, 5) is 12.2. The fourth-order valence-corrected chi connectivity index (χ4v) is 3.37. The van der Waals surface area contributed by atoms with E-state index in [9.17, 15) is 13.2 Å². The van der Waals surface area contributed by atoms with E-state index in [-0.39, 0.29) is 17.8 Å². The summed E-state index contributed by atoms with van der Waals surface area (Å²) in [5, 5.41) is 9.99. The van der Waals surface area contributed by atoms with Crippen molar-refractivity contribution in [3.05, 3.63) is 41.9 Å². The van der Waals surface area contributed by atoms with Gasteiger partial charge in [0.1, 0.15) is 23.2 Å². The molecular formula is C17H19F3N8. The van der Waals surface area contributed by atoms with Crippen LogP contribution in [0.3, 0.4) is 0 Å². The molecule has 0 amide bonds. The predicted octanol–water partition coefficient (Wildman–Crippen LogP) is 3.37. The molecule has 1 aliphatic rings. The molecule has 0 aromatic carbocycles. The minimum Gasteiger partial charge on any atom is -0.372 e. The van der Waals surface area contributed by atoms with Crippen LogP contribution in [-0.4, -0.2) is 36.3 Å². The highest BCUT2D eigenvalue weighted by Gasteiger charge is 2.35. The van der Waals surface area contributed by atoms with Crippen molar-refractivity contribution >= 4 is 17.5 Å². The van der Waals surface area contributed by atoms with Crippen LogP contribution in [0.2, 0.25) is 0 Å². The molecular weight excluding hydrogens is 373 g/mol. The molecule has 1 atom stereocenters. The molecule has 0 bridgehead atoms. The number of imidazole rings is 1. The number of anilines is 3. The predicted molar refractivity (Wildman–Crippen MR) is 96.4 cm³/mol. The first-order chi connectivity index (χ1) is 13.4. The smallest absolute Gasteiger partial charge is 0.372 e. The first-order valence-corrected chi connectivity index (χ1v) is 8.82. The van der Waals surface area contributed by atoms with E-state index >= 15 is 0 Å². The summed E-state index contributed by atoms with van der Waals surface area (Å²) in [5.74, 6) is 0.720. The number of fused-ring (bicyclic) bond motifs is 1. The van der Waals surface area contributed by atoms with Crippen molar-refractivity contribution in [2.75, 3.05) is 17.7 Å². The molecule has 4 rings (SSSR count). The van der Waals surface area contributed by atoms with Gasteiger partial charge in [-0.25, -0.2) is 9.97 Å². The van der Waals surface area contributed by atoms with Gasteiger partial charge >= 0.3 is 6.18 Å². The van der Waals surface area contributed by atoms with E-state index in [0.717, 1.165) is 31.4 Å². The van der Waals surface area contributed by atoms with Crippen LogP contribution in [0.1, 0.15) is 36.0 Å². The summed E-state index contributed by atoms with van der Waals surface area (Å²) in [5.41, 5.74) is 0.408. The third-order valence-electron chi connectivity index (χ3n) is 4.74. The summed E-state index contributed by atoms with van der Waals surface area (Å²) < 4.78 is 42.9. The molecule has 11 heteroatoms. The quantitative estimate of drug-likeness (QED) is 0.708. The molecule has 148 valence electrons. The average molecular weight is 392 g/mol. The number of nitrogens with zero attached hydrogens (tertiary/aromatic N) is 6. The second-order valence-corrected chi connectivity index (χ2v) is 6.57. The Hall–Kier alpha value is -3.11. The van der Waals surface area contributed by atoms with Gasteiger partial charge in [0.25, 0.3) is 0 Å². The number of rotatable bonds is 4. The Kier molecular flexibility index (Phi) is 4.44. The van der Waals surface area contributed by atoms with E-state index in [1.165, 1.54) is 7.05 Å². The van der Waals surface area contributed by atoms with Gasteiger partial charge in [0.15, 0.2) is 0 Å². The average Bonchev–Trinajstić information content (AvgIpc) is 3.27. The Labute approximate surface area is 158 Å². The highest BCUT2D eigenvalue weighted by molar-refractivity contribution is 5.58. The Balaban J connectivity index is 1.61. The standard InChI is InChI=1S/C17H19F3N8/c1-10-12(24-16-23-8-11(17(18,19)20)14(21-2)25-16)9-28(26-10)13-4-3-6-27-7-5-22-15(13)27/h5,7-9,13H,3-4,6H2,1-2H3,(H2,21,23,24,25). The molecule has 2 N–H and O–H groups in total. The second-order valence-electron chi connectivity index (χ2n) is 6.57. The van der Waals surface area contributed by atoms with Gasteiger partial charge in [-0.1, -0.05) is 0 Å². The van der Waals surface area contributed by atoms with Crippen LogP contribution in [0.4, 0.5) is 30.6 Å².